The summed E-state index contributed by atoms with van der Waals surface area (Å²) in [5, 5.41) is 2.91. The molecule has 2 saturated heterocycles. The van der Waals surface area contributed by atoms with E-state index in [2.05, 4.69) is 5.32 Å². The van der Waals surface area contributed by atoms with Crippen LogP contribution in [-0.4, -0.2) is 91.4 Å². The summed E-state index contributed by atoms with van der Waals surface area (Å²) in [7, 11) is 0. The van der Waals surface area contributed by atoms with E-state index in [0.29, 0.717) is 65.6 Å². The number of benzene rings is 1. The summed E-state index contributed by atoms with van der Waals surface area (Å²) in [6.45, 7) is 4.77. The highest BCUT2D eigenvalue weighted by molar-refractivity contribution is 6.34. The van der Waals surface area contributed by atoms with Crippen molar-refractivity contribution >= 4 is 17.7 Å². The Morgan fingerprint density at radius 1 is 0.852 bits per heavy atom. The smallest absolute Gasteiger partial charge is 0.312 e. The molecular weight excluding hydrogens is 348 g/mol. The zero-order chi connectivity index (χ0) is 19.1. The number of carbonyl (C=O) groups is 3. The highest BCUT2D eigenvalue weighted by Crippen LogP contribution is 2.06. The molecule has 1 aromatic carbocycles. The molecule has 0 unspecified atom stereocenters. The van der Waals surface area contributed by atoms with E-state index in [4.69, 9.17) is 4.74 Å². The molecule has 0 radical (unpaired) electrons. The molecule has 27 heavy (non-hydrogen) atoms. The van der Waals surface area contributed by atoms with Crippen molar-refractivity contribution < 1.29 is 19.1 Å². The van der Waals surface area contributed by atoms with Crippen LogP contribution in [0.1, 0.15) is 5.56 Å². The molecular formula is C19H26N4O4. The maximum absolute atomic E-state index is 12.4. The van der Waals surface area contributed by atoms with Gasteiger partial charge in [0.1, 0.15) is 0 Å². The molecule has 2 fully saturated rings. The number of carbonyl (C=O) groups excluding carboxylic acids is 3. The molecule has 1 N–H and O–H groups in total. The molecule has 0 atom stereocenters. The van der Waals surface area contributed by atoms with Crippen LogP contribution in [0, 0.1) is 0 Å². The van der Waals surface area contributed by atoms with Gasteiger partial charge in [0, 0.05) is 45.8 Å². The van der Waals surface area contributed by atoms with Crippen LogP contribution in [-0.2, 0) is 25.7 Å². The summed E-state index contributed by atoms with van der Waals surface area (Å²) in [5.41, 5.74) is 1.06. The lowest BCUT2D eigenvalue weighted by Crippen LogP contribution is -2.55. The second-order valence-electron chi connectivity index (χ2n) is 6.74. The van der Waals surface area contributed by atoms with Crippen molar-refractivity contribution in [2.45, 2.75) is 6.54 Å². The molecule has 3 rings (SSSR count). The van der Waals surface area contributed by atoms with E-state index in [0.717, 1.165) is 5.56 Å². The van der Waals surface area contributed by atoms with Crippen molar-refractivity contribution in [3.05, 3.63) is 35.9 Å². The van der Waals surface area contributed by atoms with E-state index in [1.54, 1.807) is 9.80 Å². The Balaban J connectivity index is 1.38. The maximum atomic E-state index is 12.4. The highest BCUT2D eigenvalue weighted by Gasteiger charge is 2.30. The summed E-state index contributed by atoms with van der Waals surface area (Å²) in [6.07, 6.45) is 0. The lowest BCUT2D eigenvalue weighted by atomic mass is 10.2. The average molecular weight is 374 g/mol. The number of nitrogens with one attached hydrogen (secondary N) is 1. The topological polar surface area (TPSA) is 82.2 Å². The van der Waals surface area contributed by atoms with Crippen LogP contribution in [0.3, 0.4) is 0 Å². The van der Waals surface area contributed by atoms with Gasteiger partial charge in [-0.05, 0) is 5.56 Å². The lowest BCUT2D eigenvalue weighted by molar-refractivity contribution is -0.155. The number of morpholine rings is 1. The second-order valence-corrected chi connectivity index (χ2v) is 6.74. The van der Waals surface area contributed by atoms with Crippen molar-refractivity contribution in [1.29, 1.82) is 0 Å². The van der Waals surface area contributed by atoms with E-state index in [1.165, 1.54) is 0 Å². The molecule has 8 nitrogen and oxygen atoms in total. The first kappa shape index (κ1) is 19.3. The number of rotatable bonds is 4. The van der Waals surface area contributed by atoms with E-state index in [-0.39, 0.29) is 5.91 Å². The normalized spacial score (nSPS) is 18.2. The van der Waals surface area contributed by atoms with Gasteiger partial charge < -0.3 is 19.9 Å². The number of amides is 3. The van der Waals surface area contributed by atoms with E-state index in [9.17, 15) is 14.4 Å². The van der Waals surface area contributed by atoms with Gasteiger partial charge in [-0.1, -0.05) is 30.3 Å². The summed E-state index contributed by atoms with van der Waals surface area (Å²) in [5.74, 6) is -0.944. The Morgan fingerprint density at radius 2 is 1.44 bits per heavy atom. The molecule has 2 aliphatic rings. The van der Waals surface area contributed by atoms with Crippen LogP contribution in [0.5, 0.6) is 0 Å². The van der Waals surface area contributed by atoms with Gasteiger partial charge in [-0.25, -0.2) is 0 Å². The summed E-state index contributed by atoms with van der Waals surface area (Å²) in [4.78, 5) is 41.9. The molecule has 8 heteroatoms. The van der Waals surface area contributed by atoms with Gasteiger partial charge in [0.25, 0.3) is 0 Å². The molecule has 1 aromatic rings. The van der Waals surface area contributed by atoms with Gasteiger partial charge >= 0.3 is 11.8 Å². The first-order chi connectivity index (χ1) is 13.1. The fraction of sp³-hybridized carbons (Fsp3) is 0.526. The summed E-state index contributed by atoms with van der Waals surface area (Å²) >= 11 is 0. The van der Waals surface area contributed by atoms with Gasteiger partial charge in [-0.2, -0.15) is 0 Å². The predicted molar refractivity (Wildman–Crippen MR) is 98.7 cm³/mol. The fourth-order valence-corrected chi connectivity index (χ4v) is 3.20. The molecule has 2 aliphatic heterocycles. The highest BCUT2D eigenvalue weighted by atomic mass is 16.5. The monoisotopic (exact) mass is 374 g/mol. The molecule has 0 spiro atoms. The summed E-state index contributed by atoms with van der Waals surface area (Å²) in [6, 6.07) is 9.76. The van der Waals surface area contributed by atoms with Crippen LogP contribution in [0.4, 0.5) is 0 Å². The number of hydrogen-bond acceptors (Lipinski definition) is 5. The Kier molecular flexibility index (Phi) is 6.78. The molecule has 0 bridgehead atoms. The van der Waals surface area contributed by atoms with Crippen molar-refractivity contribution in [2.24, 2.45) is 0 Å². The van der Waals surface area contributed by atoms with Crippen LogP contribution < -0.4 is 5.32 Å². The van der Waals surface area contributed by atoms with Crippen molar-refractivity contribution in [1.82, 2.24) is 20.0 Å². The van der Waals surface area contributed by atoms with Gasteiger partial charge in [-0.15, -0.1) is 0 Å². The third-order valence-electron chi connectivity index (χ3n) is 4.84. The van der Waals surface area contributed by atoms with Crippen LogP contribution in [0.25, 0.3) is 0 Å². The van der Waals surface area contributed by atoms with Crippen LogP contribution in [0.2, 0.25) is 0 Å². The standard InChI is InChI=1S/C19H26N4O4/c24-17(20-14-16-4-2-1-3-5-16)15-21-6-8-22(9-7-21)18(25)19(26)23-10-12-27-13-11-23/h1-5H,6-15H2,(H,20,24). The average Bonchev–Trinajstić information content (AvgIpc) is 2.73. The second kappa shape index (κ2) is 9.48. The Morgan fingerprint density at radius 3 is 2.07 bits per heavy atom. The van der Waals surface area contributed by atoms with Gasteiger partial charge in [0.05, 0.1) is 19.8 Å². The zero-order valence-corrected chi connectivity index (χ0v) is 15.4. The van der Waals surface area contributed by atoms with Crippen molar-refractivity contribution in [3.8, 4) is 0 Å². The van der Waals surface area contributed by atoms with Crippen LogP contribution in [0.15, 0.2) is 30.3 Å². The summed E-state index contributed by atoms with van der Waals surface area (Å²) < 4.78 is 5.21. The van der Waals surface area contributed by atoms with Gasteiger partial charge in [-0.3, -0.25) is 19.3 Å². The minimum atomic E-state index is -0.454. The van der Waals surface area contributed by atoms with E-state index in [1.807, 2.05) is 35.2 Å². The molecule has 2 heterocycles. The fourth-order valence-electron chi connectivity index (χ4n) is 3.20. The third kappa shape index (κ3) is 5.51. The number of piperazine rings is 1. The van der Waals surface area contributed by atoms with Crippen LogP contribution >= 0.6 is 0 Å². The Hall–Kier alpha value is -2.45. The molecule has 3 amide bonds. The lowest BCUT2D eigenvalue weighted by Gasteiger charge is -2.35. The minimum Gasteiger partial charge on any atom is -0.378 e. The largest absolute Gasteiger partial charge is 0.378 e. The third-order valence-corrected chi connectivity index (χ3v) is 4.84. The molecule has 0 aromatic heterocycles. The number of ether oxygens (including phenoxy) is 1. The Labute approximate surface area is 159 Å². The Bertz CT molecular complexity index is 653. The minimum absolute atomic E-state index is 0.0389. The zero-order valence-electron chi connectivity index (χ0n) is 15.4. The quantitative estimate of drug-likeness (QED) is 0.706. The molecule has 146 valence electrons. The van der Waals surface area contributed by atoms with E-state index < -0.39 is 11.8 Å². The first-order valence-electron chi connectivity index (χ1n) is 9.32. The van der Waals surface area contributed by atoms with Gasteiger partial charge in [0.15, 0.2) is 0 Å². The number of nitrogens with zero attached hydrogens (tertiary/aromatic N) is 3. The number of hydrogen-bond donors (Lipinski definition) is 1. The van der Waals surface area contributed by atoms with Crippen molar-refractivity contribution in [2.75, 3.05) is 59.0 Å². The predicted octanol–water partition coefficient (Wildman–Crippen LogP) is -0.694. The molecule has 0 saturated carbocycles. The maximum Gasteiger partial charge on any atom is 0.312 e. The molecule has 0 aliphatic carbocycles. The van der Waals surface area contributed by atoms with Crippen molar-refractivity contribution in [3.63, 3.8) is 0 Å². The first-order valence-corrected chi connectivity index (χ1v) is 9.32. The van der Waals surface area contributed by atoms with E-state index >= 15 is 0 Å². The SMILES string of the molecule is O=C(CN1CCN(C(=O)C(=O)N2CCOCC2)CC1)NCc1ccccc1. The van der Waals surface area contributed by atoms with Gasteiger partial charge in [0.2, 0.25) is 5.91 Å².